The molecule has 15 heteroatoms. The second-order valence-electron chi connectivity index (χ2n) is 2.82. The van der Waals surface area contributed by atoms with Crippen LogP contribution in [0.3, 0.4) is 0 Å². The Bertz CT molecular complexity index is 335. The van der Waals surface area contributed by atoms with E-state index in [1.165, 1.54) is 0 Å². The van der Waals surface area contributed by atoms with Crippen LogP contribution >= 0.6 is 25.1 Å². The molecule has 0 aromatic rings. The van der Waals surface area contributed by atoms with Crippen LogP contribution in [0.5, 0.6) is 0 Å². The van der Waals surface area contributed by atoms with Crippen LogP contribution in [-0.2, 0) is 13.9 Å². The van der Waals surface area contributed by atoms with Crippen molar-refractivity contribution in [3.63, 3.8) is 0 Å². The number of nitrogens with two attached hydrogens (primary N) is 2. The van der Waals surface area contributed by atoms with E-state index in [0.29, 0.717) is 0 Å². The molecule has 0 amide bonds. The summed E-state index contributed by atoms with van der Waals surface area (Å²) < 4.78 is 20.5. The second kappa shape index (κ2) is 12.2. The fourth-order valence-corrected chi connectivity index (χ4v) is 2.40. The number of rotatable bonds is 3. The molecule has 11 N–H and O–H groups in total. The van der Waals surface area contributed by atoms with Crippen LogP contribution in [0.25, 0.3) is 0 Å². The van der Waals surface area contributed by atoms with Gasteiger partial charge in [-0.15, -0.1) is 0 Å². The maximum absolute atomic E-state index is 10.3. The highest BCUT2D eigenvalue weighted by Crippen LogP contribution is 2.59. The van der Waals surface area contributed by atoms with Gasteiger partial charge in [-0.2, -0.15) is 9.90 Å². The first-order valence-electron chi connectivity index (χ1n) is 4.16. The highest BCUT2D eigenvalue weighted by atomic mass is 31.2. The van der Waals surface area contributed by atoms with E-state index in [9.17, 15) is 9.13 Å². The molecular weight excluding hydrogens is 339 g/mol. The van der Waals surface area contributed by atoms with E-state index < -0.39 is 33.2 Å². The Balaban J connectivity index is -0.000000119. The zero-order chi connectivity index (χ0) is 16.4. The van der Waals surface area contributed by atoms with Crippen LogP contribution in [0, 0.1) is 5.41 Å². The molecule has 0 fully saturated rings. The first-order chi connectivity index (χ1) is 8.16. The van der Waals surface area contributed by atoms with E-state index in [-0.39, 0.29) is 15.9 Å². The van der Waals surface area contributed by atoms with Crippen LogP contribution in [0.15, 0.2) is 0 Å². The van der Waals surface area contributed by atoms with Crippen molar-refractivity contribution in [2.45, 2.75) is 12.3 Å². The van der Waals surface area contributed by atoms with Crippen molar-refractivity contribution in [2.75, 3.05) is 6.61 Å². The lowest BCUT2D eigenvalue weighted by Gasteiger charge is -2.16. The molecule has 0 aromatic carbocycles. The van der Waals surface area contributed by atoms with Gasteiger partial charge in [0.2, 0.25) is 0 Å². The standard InChI is InChI=1S/C2H8O7P2.C2H4O2.CH5N3.H3P/c3-1-2(10(4,5)6)11(7,8)9;1-2(3)4;2-1(3)4;/h2-3H,1H2,(H2,4,5,6)(H2,7,8,9);1H3,(H,3,4);(H5,2,3,4);1H3. The number of hydrogen-bond donors (Lipinski definition) is 9. The average molecular weight is 359 g/mol. The predicted molar refractivity (Wildman–Crippen MR) is 75.5 cm³/mol. The zero-order valence-corrected chi connectivity index (χ0v) is 13.7. The number of carboxylic acid groups (broad SMARTS) is 1. The quantitative estimate of drug-likeness (QED) is 0.146. The summed E-state index contributed by atoms with van der Waals surface area (Å²) >= 11 is 0. The molecule has 0 aliphatic heterocycles. The van der Waals surface area contributed by atoms with Gasteiger partial charge in [-0.3, -0.25) is 19.3 Å². The van der Waals surface area contributed by atoms with Crippen LogP contribution in [-0.4, -0.2) is 53.7 Å². The summed E-state index contributed by atoms with van der Waals surface area (Å²) in [5.74, 6) is -1.17. The monoisotopic (exact) mass is 359 g/mol. The summed E-state index contributed by atoms with van der Waals surface area (Å²) in [5.41, 5.74) is 8.94. The van der Waals surface area contributed by atoms with Gasteiger partial charge in [0.05, 0.1) is 6.61 Å². The summed E-state index contributed by atoms with van der Waals surface area (Å²) in [6.45, 7) is -0.158. The van der Waals surface area contributed by atoms with Gasteiger partial charge in [-0.1, -0.05) is 0 Å². The molecule has 1 atom stereocenters. The summed E-state index contributed by atoms with van der Waals surface area (Å²) in [7, 11) is -9.82. The van der Waals surface area contributed by atoms with Crippen molar-refractivity contribution >= 4 is 37.0 Å². The molecule has 0 saturated carbocycles. The Kier molecular flexibility index (Phi) is 16.9. The lowest BCUT2D eigenvalue weighted by atomic mass is 10.9. The smallest absolute Gasteiger partial charge is 0.343 e. The molecule has 0 aromatic heterocycles. The number of aliphatic carboxylic acids is 1. The first kappa shape index (κ1) is 27.7. The number of aliphatic hydroxyl groups is 1. The van der Waals surface area contributed by atoms with E-state index in [1.54, 1.807) is 0 Å². The third-order valence-corrected chi connectivity index (χ3v) is 4.62. The third-order valence-electron chi connectivity index (χ3n) is 0.940. The van der Waals surface area contributed by atoms with Gasteiger partial charge in [0, 0.05) is 6.92 Å². The Morgan fingerprint density at radius 1 is 1.15 bits per heavy atom. The van der Waals surface area contributed by atoms with Crippen LogP contribution in [0.1, 0.15) is 6.92 Å². The van der Waals surface area contributed by atoms with Gasteiger partial charge >= 0.3 is 15.2 Å². The molecular formula is C5H20N3O9P3. The van der Waals surface area contributed by atoms with E-state index in [4.69, 9.17) is 40.0 Å². The Morgan fingerprint density at radius 3 is 1.30 bits per heavy atom. The van der Waals surface area contributed by atoms with E-state index in [1.807, 2.05) is 0 Å². The maximum Gasteiger partial charge on any atom is 0.343 e. The average Bonchev–Trinajstić information content (AvgIpc) is 1.95. The number of aliphatic hydroxyl groups excluding tert-OH is 1. The van der Waals surface area contributed by atoms with Gasteiger partial charge < -0.3 is 41.3 Å². The second-order valence-corrected chi connectivity index (χ2v) is 6.83. The number of guanidine groups is 1. The summed E-state index contributed by atoms with van der Waals surface area (Å²) in [5, 5.41) is 19.4. The van der Waals surface area contributed by atoms with Crippen molar-refractivity contribution in [3.8, 4) is 0 Å². The minimum absolute atomic E-state index is 0. The van der Waals surface area contributed by atoms with Gasteiger partial charge in [-0.25, -0.2) is 0 Å². The van der Waals surface area contributed by atoms with Crippen molar-refractivity contribution in [1.82, 2.24) is 0 Å². The lowest BCUT2D eigenvalue weighted by molar-refractivity contribution is -0.134. The van der Waals surface area contributed by atoms with Gasteiger partial charge in [-0.05, 0) is 0 Å². The molecule has 124 valence electrons. The number of hydrogen-bond acceptors (Lipinski definition) is 5. The number of nitrogens with one attached hydrogen (secondary N) is 1. The predicted octanol–water partition coefficient (Wildman–Crippen LogP) is -2.35. The largest absolute Gasteiger partial charge is 0.481 e. The molecule has 0 radical (unpaired) electrons. The van der Waals surface area contributed by atoms with Crippen molar-refractivity contribution in [3.05, 3.63) is 0 Å². The molecule has 20 heavy (non-hydrogen) atoms. The normalized spacial score (nSPS) is 10.2. The molecule has 0 aliphatic rings. The molecule has 0 saturated heterocycles. The highest BCUT2D eigenvalue weighted by molar-refractivity contribution is 7.70. The zero-order valence-electron chi connectivity index (χ0n) is 10.4. The van der Waals surface area contributed by atoms with E-state index >= 15 is 0 Å². The fourth-order valence-electron chi connectivity index (χ4n) is 0.409. The number of carboxylic acids is 1. The van der Waals surface area contributed by atoms with Crippen molar-refractivity contribution in [2.24, 2.45) is 11.5 Å². The van der Waals surface area contributed by atoms with Gasteiger partial charge in [0.1, 0.15) is 0 Å². The molecule has 0 spiro atoms. The van der Waals surface area contributed by atoms with E-state index in [0.717, 1.165) is 6.92 Å². The molecule has 12 nitrogen and oxygen atoms in total. The van der Waals surface area contributed by atoms with E-state index in [2.05, 4.69) is 11.5 Å². The van der Waals surface area contributed by atoms with Crippen molar-refractivity contribution < 1.29 is 43.7 Å². The Hall–Kier alpha value is -0.570. The first-order valence-corrected chi connectivity index (χ1v) is 7.52. The highest BCUT2D eigenvalue weighted by Gasteiger charge is 2.42. The minimum atomic E-state index is -4.91. The van der Waals surface area contributed by atoms with Crippen molar-refractivity contribution in [1.29, 1.82) is 5.41 Å². The third kappa shape index (κ3) is 26.1. The summed E-state index contributed by atoms with van der Waals surface area (Å²) in [6.07, 6.45) is 0. The Morgan fingerprint density at radius 2 is 1.30 bits per heavy atom. The molecule has 1 unspecified atom stereocenters. The van der Waals surface area contributed by atoms with Crippen LogP contribution in [0.2, 0.25) is 0 Å². The SMILES string of the molecule is CC(=O)O.N=C(N)N.O=P(O)(O)C(CO)P(=O)(O)O.P. The maximum atomic E-state index is 10.3. The van der Waals surface area contributed by atoms with Crippen LogP contribution < -0.4 is 11.5 Å². The fraction of sp³-hybridized carbons (Fsp3) is 0.600. The molecule has 0 rings (SSSR count). The van der Waals surface area contributed by atoms with Gasteiger partial charge in [0.15, 0.2) is 11.4 Å². The summed E-state index contributed by atoms with van der Waals surface area (Å²) in [4.78, 5) is 42.1. The summed E-state index contributed by atoms with van der Waals surface area (Å²) in [6, 6.07) is 0. The molecule has 0 heterocycles. The topological polar surface area (TPSA) is 248 Å². The van der Waals surface area contributed by atoms with Gasteiger partial charge in [0.25, 0.3) is 5.97 Å². The molecule has 0 bridgehead atoms. The lowest BCUT2D eigenvalue weighted by Crippen LogP contribution is -2.20. The number of carbonyl (C=O) groups is 1. The molecule has 0 aliphatic carbocycles. The Labute approximate surface area is 117 Å². The van der Waals surface area contributed by atoms with Crippen LogP contribution in [0.4, 0.5) is 0 Å². The minimum Gasteiger partial charge on any atom is -0.481 e.